The highest BCUT2D eigenvalue weighted by atomic mass is 16.2. The fourth-order valence-corrected chi connectivity index (χ4v) is 2.48. The molecule has 0 aromatic heterocycles. The van der Waals surface area contributed by atoms with E-state index in [0.29, 0.717) is 0 Å². The van der Waals surface area contributed by atoms with Crippen LogP contribution in [-0.4, -0.2) is 35.8 Å². The summed E-state index contributed by atoms with van der Waals surface area (Å²) in [4.78, 5) is 27.4. The Hall–Kier alpha value is -2.35. The molecule has 1 aliphatic heterocycles. The predicted molar refractivity (Wildman–Crippen MR) is 79.6 cm³/mol. The summed E-state index contributed by atoms with van der Waals surface area (Å²) in [6.45, 7) is 4.23. The third-order valence-electron chi connectivity index (χ3n) is 3.82. The van der Waals surface area contributed by atoms with E-state index in [9.17, 15) is 9.59 Å². The van der Waals surface area contributed by atoms with E-state index in [2.05, 4.69) is 6.92 Å². The molecule has 5 heteroatoms. The van der Waals surface area contributed by atoms with Crippen molar-refractivity contribution in [3.63, 3.8) is 0 Å². The summed E-state index contributed by atoms with van der Waals surface area (Å²) in [6, 6.07) is 9.49. The molecule has 1 atom stereocenters. The van der Waals surface area contributed by atoms with Gasteiger partial charge in [-0.2, -0.15) is 5.26 Å². The second-order valence-corrected chi connectivity index (χ2v) is 5.12. The van der Waals surface area contributed by atoms with Crippen LogP contribution in [0.5, 0.6) is 0 Å². The Labute approximate surface area is 124 Å². The highest BCUT2D eigenvalue weighted by Crippen LogP contribution is 2.22. The standard InChI is InChI=1S/C16H19N3O2/c1-3-13-5-7-14(8-6-13)19-11-15(20)18(10-4-9-17)16(21)12(19)2/h5-8,12H,3-4,10-11H2,1-2H3. The van der Waals surface area contributed by atoms with Crippen molar-refractivity contribution in [2.45, 2.75) is 32.7 Å². The van der Waals surface area contributed by atoms with Crippen molar-refractivity contribution in [3.05, 3.63) is 29.8 Å². The fourth-order valence-electron chi connectivity index (χ4n) is 2.48. The molecule has 1 aromatic carbocycles. The summed E-state index contributed by atoms with van der Waals surface area (Å²) in [5.74, 6) is -0.478. The maximum absolute atomic E-state index is 12.3. The number of aryl methyl sites for hydroxylation is 1. The van der Waals surface area contributed by atoms with Crippen molar-refractivity contribution in [3.8, 4) is 6.07 Å². The van der Waals surface area contributed by atoms with Gasteiger partial charge in [0.25, 0.3) is 5.91 Å². The number of imide groups is 1. The van der Waals surface area contributed by atoms with Gasteiger partial charge in [0, 0.05) is 12.2 Å². The van der Waals surface area contributed by atoms with Crippen LogP contribution >= 0.6 is 0 Å². The second kappa shape index (κ2) is 6.40. The number of amides is 2. The van der Waals surface area contributed by atoms with E-state index in [1.54, 1.807) is 6.92 Å². The lowest BCUT2D eigenvalue weighted by atomic mass is 10.1. The molecular weight excluding hydrogens is 266 g/mol. The second-order valence-electron chi connectivity index (χ2n) is 5.12. The molecule has 0 radical (unpaired) electrons. The Morgan fingerprint density at radius 2 is 1.95 bits per heavy atom. The molecule has 0 saturated carbocycles. The number of nitrogens with zero attached hydrogens (tertiary/aromatic N) is 3. The minimum absolute atomic E-state index is 0.170. The summed E-state index contributed by atoms with van der Waals surface area (Å²) < 4.78 is 0. The minimum atomic E-state index is -0.395. The first kappa shape index (κ1) is 15.0. The number of hydrogen-bond acceptors (Lipinski definition) is 4. The maximum Gasteiger partial charge on any atom is 0.251 e. The zero-order chi connectivity index (χ0) is 15.4. The first-order valence-corrected chi connectivity index (χ1v) is 7.15. The zero-order valence-corrected chi connectivity index (χ0v) is 12.4. The van der Waals surface area contributed by atoms with Gasteiger partial charge in [-0.1, -0.05) is 19.1 Å². The molecule has 0 spiro atoms. The number of hydrogen-bond donors (Lipinski definition) is 0. The van der Waals surface area contributed by atoms with Gasteiger partial charge in [-0.25, -0.2) is 0 Å². The molecular formula is C16H19N3O2. The molecule has 2 rings (SSSR count). The number of carbonyl (C=O) groups is 2. The topological polar surface area (TPSA) is 64.4 Å². The van der Waals surface area contributed by atoms with Gasteiger partial charge in [-0.3, -0.25) is 14.5 Å². The Bertz CT molecular complexity index is 574. The average Bonchev–Trinajstić information content (AvgIpc) is 2.51. The quantitative estimate of drug-likeness (QED) is 0.790. The van der Waals surface area contributed by atoms with Crippen molar-refractivity contribution in [2.75, 3.05) is 18.0 Å². The van der Waals surface area contributed by atoms with Crippen LogP contribution in [0.15, 0.2) is 24.3 Å². The van der Waals surface area contributed by atoms with Crippen LogP contribution in [0.3, 0.4) is 0 Å². The maximum atomic E-state index is 12.3. The van der Waals surface area contributed by atoms with E-state index < -0.39 is 6.04 Å². The molecule has 0 bridgehead atoms. The van der Waals surface area contributed by atoms with Gasteiger partial charge in [0.2, 0.25) is 5.91 Å². The molecule has 1 aromatic rings. The molecule has 2 amide bonds. The van der Waals surface area contributed by atoms with Crippen LogP contribution in [0.25, 0.3) is 0 Å². The van der Waals surface area contributed by atoms with Crippen LogP contribution in [0.4, 0.5) is 5.69 Å². The van der Waals surface area contributed by atoms with Gasteiger partial charge in [0.05, 0.1) is 19.0 Å². The number of carbonyl (C=O) groups excluding carboxylic acids is 2. The van der Waals surface area contributed by atoms with E-state index in [1.807, 2.05) is 35.2 Å². The van der Waals surface area contributed by atoms with Crippen molar-refractivity contribution in [2.24, 2.45) is 0 Å². The third-order valence-corrected chi connectivity index (χ3v) is 3.82. The Morgan fingerprint density at radius 1 is 1.29 bits per heavy atom. The number of rotatable bonds is 4. The van der Waals surface area contributed by atoms with Crippen molar-refractivity contribution < 1.29 is 9.59 Å². The summed E-state index contributed by atoms with van der Waals surface area (Å²) >= 11 is 0. The average molecular weight is 285 g/mol. The molecule has 1 fully saturated rings. The van der Waals surface area contributed by atoms with Gasteiger partial charge in [-0.15, -0.1) is 0 Å². The monoisotopic (exact) mass is 285 g/mol. The zero-order valence-electron chi connectivity index (χ0n) is 12.4. The molecule has 0 aliphatic carbocycles. The molecule has 0 N–H and O–H groups in total. The van der Waals surface area contributed by atoms with Gasteiger partial charge >= 0.3 is 0 Å². The van der Waals surface area contributed by atoms with E-state index in [4.69, 9.17) is 5.26 Å². The van der Waals surface area contributed by atoms with Crippen molar-refractivity contribution in [1.29, 1.82) is 5.26 Å². The van der Waals surface area contributed by atoms with E-state index >= 15 is 0 Å². The van der Waals surface area contributed by atoms with Gasteiger partial charge < -0.3 is 4.90 Å². The predicted octanol–water partition coefficient (Wildman–Crippen LogP) is 1.73. The SMILES string of the molecule is CCc1ccc(N2CC(=O)N(CCC#N)C(=O)C2C)cc1. The number of anilines is 1. The summed E-state index contributed by atoms with van der Waals surface area (Å²) in [5.41, 5.74) is 2.10. The number of nitriles is 1. The lowest BCUT2D eigenvalue weighted by Gasteiger charge is -2.38. The highest BCUT2D eigenvalue weighted by molar-refractivity contribution is 6.04. The van der Waals surface area contributed by atoms with Crippen LogP contribution in [0, 0.1) is 11.3 Å². The van der Waals surface area contributed by atoms with Crippen molar-refractivity contribution in [1.82, 2.24) is 4.90 Å². The van der Waals surface area contributed by atoms with Gasteiger partial charge in [0.15, 0.2) is 0 Å². The molecule has 1 heterocycles. The smallest absolute Gasteiger partial charge is 0.251 e. The van der Waals surface area contributed by atoms with Crippen LogP contribution in [0.2, 0.25) is 0 Å². The number of benzene rings is 1. The van der Waals surface area contributed by atoms with Crippen LogP contribution < -0.4 is 4.90 Å². The largest absolute Gasteiger partial charge is 0.350 e. The summed E-state index contributed by atoms with van der Waals surface area (Å²) in [7, 11) is 0. The minimum Gasteiger partial charge on any atom is -0.350 e. The summed E-state index contributed by atoms with van der Waals surface area (Å²) in [5, 5.41) is 8.60. The van der Waals surface area contributed by atoms with Gasteiger partial charge in [0.1, 0.15) is 6.04 Å². The molecule has 5 nitrogen and oxygen atoms in total. The Balaban J connectivity index is 2.18. The highest BCUT2D eigenvalue weighted by Gasteiger charge is 2.36. The Morgan fingerprint density at radius 3 is 2.52 bits per heavy atom. The Kier molecular flexibility index (Phi) is 4.59. The van der Waals surface area contributed by atoms with E-state index in [-0.39, 0.29) is 31.3 Å². The first-order chi connectivity index (χ1) is 10.1. The molecule has 1 aliphatic rings. The van der Waals surface area contributed by atoms with E-state index in [0.717, 1.165) is 12.1 Å². The van der Waals surface area contributed by atoms with Crippen LogP contribution in [0.1, 0.15) is 25.8 Å². The lowest BCUT2D eigenvalue weighted by molar-refractivity contribution is -0.147. The normalized spacial score (nSPS) is 18.8. The summed E-state index contributed by atoms with van der Waals surface area (Å²) in [6.07, 6.45) is 1.13. The number of piperazine rings is 1. The van der Waals surface area contributed by atoms with Gasteiger partial charge in [-0.05, 0) is 31.0 Å². The molecule has 1 saturated heterocycles. The fraction of sp³-hybridized carbons (Fsp3) is 0.438. The van der Waals surface area contributed by atoms with Crippen LogP contribution in [-0.2, 0) is 16.0 Å². The lowest BCUT2D eigenvalue weighted by Crippen LogP contribution is -2.59. The molecule has 1 unspecified atom stereocenters. The van der Waals surface area contributed by atoms with E-state index in [1.165, 1.54) is 10.5 Å². The molecule has 21 heavy (non-hydrogen) atoms. The first-order valence-electron chi connectivity index (χ1n) is 7.15. The van der Waals surface area contributed by atoms with Crippen molar-refractivity contribution >= 4 is 17.5 Å². The third kappa shape index (κ3) is 3.05. The molecule has 110 valence electrons.